The minimum Gasteiger partial charge on any atom is -0.370 e. The minimum absolute atomic E-state index is 0.00975. The normalized spacial score (nSPS) is 12.9. The van der Waals surface area contributed by atoms with E-state index in [2.05, 4.69) is 0 Å². The van der Waals surface area contributed by atoms with Gasteiger partial charge in [-0.3, -0.25) is 9.59 Å². The van der Waals surface area contributed by atoms with Crippen molar-refractivity contribution < 1.29 is 18.0 Å². The lowest BCUT2D eigenvalue weighted by molar-refractivity contribution is -0.118. The Morgan fingerprint density at radius 1 is 1.25 bits per heavy atom. The standard InChI is InChI=1S/C13H18N2O4S/c1-7-4-9(8(2)6-11(14)16)12(20(3,18)19)10(5-7)13(15)17/h4-5,8H,6H2,1-3H3,(H2,14,16)(H2,15,17). The van der Waals surface area contributed by atoms with Crippen LogP contribution in [0.1, 0.15) is 40.7 Å². The topological polar surface area (TPSA) is 120 Å². The van der Waals surface area contributed by atoms with E-state index in [9.17, 15) is 18.0 Å². The van der Waals surface area contributed by atoms with Gasteiger partial charge in [0.05, 0.1) is 10.5 Å². The summed E-state index contributed by atoms with van der Waals surface area (Å²) in [5, 5.41) is 0. The number of benzene rings is 1. The molecule has 0 aliphatic heterocycles. The fraction of sp³-hybridized carbons (Fsp3) is 0.385. The molecule has 0 spiro atoms. The van der Waals surface area contributed by atoms with E-state index in [0.29, 0.717) is 11.1 Å². The van der Waals surface area contributed by atoms with Crippen LogP contribution < -0.4 is 11.5 Å². The van der Waals surface area contributed by atoms with Crippen LogP contribution in [0.5, 0.6) is 0 Å². The first kappa shape index (κ1) is 16.2. The monoisotopic (exact) mass is 298 g/mol. The van der Waals surface area contributed by atoms with E-state index in [4.69, 9.17) is 11.5 Å². The van der Waals surface area contributed by atoms with Gasteiger partial charge in [-0.15, -0.1) is 0 Å². The van der Waals surface area contributed by atoms with E-state index in [1.807, 2.05) is 0 Å². The molecule has 0 saturated carbocycles. The van der Waals surface area contributed by atoms with Crippen LogP contribution in [0.15, 0.2) is 17.0 Å². The molecule has 0 fully saturated rings. The molecule has 1 aromatic carbocycles. The van der Waals surface area contributed by atoms with Gasteiger partial charge in [0.15, 0.2) is 9.84 Å². The van der Waals surface area contributed by atoms with Crippen molar-refractivity contribution in [2.75, 3.05) is 6.26 Å². The number of nitrogens with two attached hydrogens (primary N) is 2. The summed E-state index contributed by atoms with van der Waals surface area (Å²) in [5.74, 6) is -1.78. The summed E-state index contributed by atoms with van der Waals surface area (Å²) in [4.78, 5) is 22.4. The zero-order chi connectivity index (χ0) is 15.7. The van der Waals surface area contributed by atoms with Crippen molar-refractivity contribution in [3.05, 3.63) is 28.8 Å². The third-order valence-electron chi connectivity index (χ3n) is 2.94. The number of amides is 2. The summed E-state index contributed by atoms with van der Waals surface area (Å²) in [7, 11) is -3.66. The summed E-state index contributed by atoms with van der Waals surface area (Å²) < 4.78 is 23.9. The molecule has 0 heterocycles. The van der Waals surface area contributed by atoms with Crippen LogP contribution in [0.2, 0.25) is 0 Å². The number of hydrogen-bond acceptors (Lipinski definition) is 4. The number of carbonyl (C=O) groups is 2. The SMILES string of the molecule is Cc1cc(C(N)=O)c(S(C)(=O)=O)c(C(C)CC(N)=O)c1. The van der Waals surface area contributed by atoms with Gasteiger partial charge in [-0.25, -0.2) is 8.42 Å². The molecule has 2 amide bonds. The number of hydrogen-bond donors (Lipinski definition) is 2. The Balaban J connectivity index is 3.65. The van der Waals surface area contributed by atoms with Crippen molar-refractivity contribution in [2.24, 2.45) is 11.5 Å². The Hall–Kier alpha value is -1.89. The molecule has 0 aliphatic rings. The van der Waals surface area contributed by atoms with E-state index >= 15 is 0 Å². The van der Waals surface area contributed by atoms with Crippen molar-refractivity contribution in [3.63, 3.8) is 0 Å². The molecular weight excluding hydrogens is 280 g/mol. The van der Waals surface area contributed by atoms with Gasteiger partial charge in [0.1, 0.15) is 0 Å². The van der Waals surface area contributed by atoms with E-state index in [-0.39, 0.29) is 16.9 Å². The third kappa shape index (κ3) is 3.57. The lowest BCUT2D eigenvalue weighted by Gasteiger charge is -2.17. The highest BCUT2D eigenvalue weighted by Crippen LogP contribution is 2.30. The summed E-state index contributed by atoms with van der Waals surface area (Å²) in [5.41, 5.74) is 11.4. The van der Waals surface area contributed by atoms with Gasteiger partial charge < -0.3 is 11.5 Å². The van der Waals surface area contributed by atoms with Gasteiger partial charge in [-0.1, -0.05) is 13.0 Å². The molecular formula is C13H18N2O4S. The van der Waals surface area contributed by atoms with Gasteiger partial charge in [0.2, 0.25) is 11.8 Å². The van der Waals surface area contributed by atoms with Crippen LogP contribution in [0, 0.1) is 6.92 Å². The van der Waals surface area contributed by atoms with Crippen LogP contribution in [0.3, 0.4) is 0 Å². The molecule has 1 rings (SSSR count). The second-order valence-corrected chi connectivity index (χ2v) is 6.89. The first-order valence-electron chi connectivity index (χ1n) is 5.96. The van der Waals surface area contributed by atoms with Gasteiger partial charge in [0.25, 0.3) is 0 Å². The van der Waals surface area contributed by atoms with Gasteiger partial charge >= 0.3 is 0 Å². The first-order valence-corrected chi connectivity index (χ1v) is 7.86. The number of carbonyl (C=O) groups excluding carboxylic acids is 2. The molecule has 20 heavy (non-hydrogen) atoms. The van der Waals surface area contributed by atoms with Gasteiger partial charge in [0, 0.05) is 12.7 Å². The minimum atomic E-state index is -3.66. The molecule has 1 aromatic rings. The van der Waals surface area contributed by atoms with Crippen molar-refractivity contribution in [1.82, 2.24) is 0 Å². The van der Waals surface area contributed by atoms with Crippen LogP contribution in [-0.2, 0) is 14.6 Å². The van der Waals surface area contributed by atoms with Crippen LogP contribution >= 0.6 is 0 Å². The zero-order valence-electron chi connectivity index (χ0n) is 11.6. The second-order valence-electron chi connectivity index (χ2n) is 4.94. The Labute approximate surface area is 118 Å². The van der Waals surface area contributed by atoms with Crippen molar-refractivity contribution >= 4 is 21.7 Å². The third-order valence-corrected chi connectivity index (χ3v) is 4.13. The van der Waals surface area contributed by atoms with Crippen LogP contribution in [-0.4, -0.2) is 26.5 Å². The highest BCUT2D eigenvalue weighted by molar-refractivity contribution is 7.90. The lowest BCUT2D eigenvalue weighted by atomic mass is 9.93. The van der Waals surface area contributed by atoms with Crippen LogP contribution in [0.25, 0.3) is 0 Å². The van der Waals surface area contributed by atoms with Crippen molar-refractivity contribution in [3.8, 4) is 0 Å². The fourth-order valence-electron chi connectivity index (χ4n) is 2.18. The van der Waals surface area contributed by atoms with E-state index < -0.39 is 27.6 Å². The first-order chi connectivity index (χ1) is 9.04. The maximum Gasteiger partial charge on any atom is 0.250 e. The average molecular weight is 298 g/mol. The predicted molar refractivity (Wildman–Crippen MR) is 75.0 cm³/mol. The second kappa shape index (κ2) is 5.62. The zero-order valence-corrected chi connectivity index (χ0v) is 12.5. The molecule has 4 N–H and O–H groups in total. The van der Waals surface area contributed by atoms with Gasteiger partial charge in [-0.05, 0) is 30.0 Å². The van der Waals surface area contributed by atoms with Crippen LogP contribution in [0.4, 0.5) is 0 Å². The molecule has 0 aromatic heterocycles. The molecule has 6 nitrogen and oxygen atoms in total. The molecule has 110 valence electrons. The van der Waals surface area contributed by atoms with Gasteiger partial charge in [-0.2, -0.15) is 0 Å². The summed E-state index contributed by atoms with van der Waals surface area (Å²) >= 11 is 0. The largest absolute Gasteiger partial charge is 0.370 e. The highest BCUT2D eigenvalue weighted by Gasteiger charge is 2.25. The quantitative estimate of drug-likeness (QED) is 0.821. The number of aryl methyl sites for hydroxylation is 1. The maximum atomic E-state index is 12.0. The maximum absolute atomic E-state index is 12.0. The molecule has 1 unspecified atom stereocenters. The van der Waals surface area contributed by atoms with E-state index in [1.54, 1.807) is 19.9 Å². The van der Waals surface area contributed by atoms with E-state index in [0.717, 1.165) is 6.26 Å². The fourth-order valence-corrected chi connectivity index (χ4v) is 3.42. The highest BCUT2D eigenvalue weighted by atomic mass is 32.2. The Morgan fingerprint density at radius 3 is 2.20 bits per heavy atom. The lowest BCUT2D eigenvalue weighted by Crippen LogP contribution is -2.20. The summed E-state index contributed by atoms with van der Waals surface area (Å²) in [6.45, 7) is 3.40. The predicted octanol–water partition coefficient (Wildman–Crippen LogP) is 0.476. The Kier molecular flexibility index (Phi) is 4.54. The average Bonchev–Trinajstić information content (AvgIpc) is 2.24. The number of rotatable bonds is 5. The molecule has 7 heteroatoms. The summed E-state index contributed by atoms with van der Waals surface area (Å²) in [6, 6.07) is 3.07. The molecule has 0 aliphatic carbocycles. The van der Waals surface area contributed by atoms with Crippen molar-refractivity contribution in [1.29, 1.82) is 0 Å². The number of sulfone groups is 1. The summed E-state index contributed by atoms with van der Waals surface area (Å²) in [6.07, 6.45) is 0.995. The van der Waals surface area contributed by atoms with E-state index in [1.165, 1.54) is 6.07 Å². The van der Waals surface area contributed by atoms with Crippen molar-refractivity contribution in [2.45, 2.75) is 31.1 Å². The molecule has 0 radical (unpaired) electrons. The molecule has 0 saturated heterocycles. The molecule has 0 bridgehead atoms. The smallest absolute Gasteiger partial charge is 0.250 e. The number of primary amides is 2. The Morgan fingerprint density at radius 2 is 1.80 bits per heavy atom. The Bertz CT molecular complexity index is 665. The molecule has 1 atom stereocenters.